The maximum atomic E-state index is 11.7. The molecular weight excluding hydrogens is 357 g/mol. The first-order chi connectivity index (χ1) is 9.17. The van der Waals surface area contributed by atoms with Gasteiger partial charge in [0.25, 0.3) is 0 Å². The van der Waals surface area contributed by atoms with Crippen LogP contribution in [0.4, 0.5) is 0 Å². The van der Waals surface area contributed by atoms with Crippen LogP contribution in [0.1, 0.15) is 18.9 Å². The predicted molar refractivity (Wildman–Crippen MR) is 82.0 cm³/mol. The van der Waals surface area contributed by atoms with Gasteiger partial charge in [-0.05, 0) is 5.56 Å². The van der Waals surface area contributed by atoms with Gasteiger partial charge in [0.05, 0.1) is 0 Å². The molecule has 1 amide bonds. The molecule has 0 bridgehead atoms. The number of benzene rings is 1. The topological polar surface area (TPSA) is 46.6 Å². The normalized spacial score (nSPS) is 10.0. The van der Waals surface area contributed by atoms with Crippen molar-refractivity contribution in [2.45, 2.75) is 20.0 Å². The number of amides is 1. The number of halogens is 1. The lowest BCUT2D eigenvalue weighted by atomic mass is 10.2. The zero-order valence-corrected chi connectivity index (χ0v) is 13.1. The molecule has 0 unspecified atom stereocenters. The highest BCUT2D eigenvalue weighted by atomic mass is 127. The summed E-state index contributed by atoms with van der Waals surface area (Å²) in [6, 6.07) is 9.49. The Hall–Kier alpha value is -1.11. The summed E-state index contributed by atoms with van der Waals surface area (Å²) in [5, 5.41) is 0. The Morgan fingerprint density at radius 2 is 1.95 bits per heavy atom. The third-order valence-corrected chi connectivity index (χ3v) is 3.05. The van der Waals surface area contributed by atoms with Crippen molar-refractivity contribution in [1.29, 1.82) is 0 Å². The van der Waals surface area contributed by atoms with Crippen molar-refractivity contribution in [2.24, 2.45) is 0 Å². The zero-order valence-electron chi connectivity index (χ0n) is 11.0. The summed E-state index contributed by atoms with van der Waals surface area (Å²) in [7, 11) is 0. The molecule has 19 heavy (non-hydrogen) atoms. The average molecular weight is 375 g/mol. The largest absolute Gasteiger partial charge is 0.459 e. The van der Waals surface area contributed by atoms with Crippen molar-refractivity contribution in [2.75, 3.05) is 17.5 Å². The number of hydrogen-bond donors (Lipinski definition) is 0. The Kier molecular flexibility index (Phi) is 7.47. The summed E-state index contributed by atoms with van der Waals surface area (Å²) < 4.78 is 5.97. The third-order valence-electron chi connectivity index (χ3n) is 2.57. The summed E-state index contributed by atoms with van der Waals surface area (Å²) in [6.07, 6.45) is 0.405. The fraction of sp³-hybridized carbons (Fsp3) is 0.429. The summed E-state index contributed by atoms with van der Waals surface area (Å²) >= 11 is 2.18. The maximum absolute atomic E-state index is 11.7. The van der Waals surface area contributed by atoms with Crippen LogP contribution in [0.25, 0.3) is 0 Å². The van der Waals surface area contributed by atoms with E-state index in [4.69, 9.17) is 4.74 Å². The molecule has 0 atom stereocenters. The van der Waals surface area contributed by atoms with Gasteiger partial charge in [0.2, 0.25) is 5.91 Å². The first kappa shape index (κ1) is 15.9. The van der Waals surface area contributed by atoms with Crippen LogP contribution in [0.2, 0.25) is 0 Å². The van der Waals surface area contributed by atoms with Crippen LogP contribution in [-0.2, 0) is 20.9 Å². The smallest absolute Gasteiger partial charge is 0.325 e. The second-order valence-corrected chi connectivity index (χ2v) is 5.08. The molecule has 0 aliphatic rings. The summed E-state index contributed by atoms with van der Waals surface area (Å²) in [5.41, 5.74) is 0.943. The SMILES string of the molecule is CCC(=O)N(CCI)CC(=O)OCc1ccccc1. The molecule has 0 N–H and O–H groups in total. The Balaban J connectivity index is 2.42. The molecular formula is C14H18INO3. The van der Waals surface area contributed by atoms with E-state index in [-0.39, 0.29) is 25.0 Å². The highest BCUT2D eigenvalue weighted by Crippen LogP contribution is 2.02. The quantitative estimate of drug-likeness (QED) is 0.418. The minimum atomic E-state index is -0.365. The molecule has 0 aliphatic carbocycles. The van der Waals surface area contributed by atoms with E-state index in [9.17, 15) is 9.59 Å². The van der Waals surface area contributed by atoms with E-state index in [1.54, 1.807) is 11.8 Å². The van der Waals surface area contributed by atoms with Crippen LogP contribution in [0, 0.1) is 0 Å². The second-order valence-electron chi connectivity index (χ2n) is 4.00. The van der Waals surface area contributed by atoms with E-state index < -0.39 is 0 Å². The predicted octanol–water partition coefficient (Wildman–Crippen LogP) is 2.40. The summed E-state index contributed by atoms with van der Waals surface area (Å²) in [6.45, 7) is 2.64. The number of alkyl halides is 1. The van der Waals surface area contributed by atoms with E-state index >= 15 is 0 Å². The lowest BCUT2D eigenvalue weighted by molar-refractivity contribution is -0.150. The van der Waals surface area contributed by atoms with Crippen LogP contribution in [0.3, 0.4) is 0 Å². The molecule has 1 rings (SSSR count). The fourth-order valence-electron chi connectivity index (χ4n) is 1.56. The highest BCUT2D eigenvalue weighted by Gasteiger charge is 2.15. The van der Waals surface area contributed by atoms with Gasteiger partial charge in [0, 0.05) is 17.4 Å². The van der Waals surface area contributed by atoms with Crippen LogP contribution in [0.15, 0.2) is 30.3 Å². The average Bonchev–Trinajstić information content (AvgIpc) is 2.45. The number of nitrogens with zero attached hydrogens (tertiary/aromatic N) is 1. The van der Waals surface area contributed by atoms with Crippen molar-refractivity contribution in [3.8, 4) is 0 Å². The van der Waals surface area contributed by atoms with Gasteiger partial charge in [-0.25, -0.2) is 0 Å². The lowest BCUT2D eigenvalue weighted by Crippen LogP contribution is -2.37. The summed E-state index contributed by atoms with van der Waals surface area (Å²) in [5.74, 6) is -0.385. The first-order valence-corrected chi connectivity index (χ1v) is 7.73. The lowest BCUT2D eigenvalue weighted by Gasteiger charge is -2.20. The molecule has 4 nitrogen and oxygen atoms in total. The van der Waals surface area contributed by atoms with Crippen LogP contribution < -0.4 is 0 Å². The van der Waals surface area contributed by atoms with Gasteiger partial charge in [0.15, 0.2) is 0 Å². The molecule has 0 aromatic heterocycles. The van der Waals surface area contributed by atoms with E-state index in [2.05, 4.69) is 22.6 Å². The molecule has 0 radical (unpaired) electrons. The number of carbonyl (C=O) groups is 2. The van der Waals surface area contributed by atoms with Gasteiger partial charge in [-0.2, -0.15) is 0 Å². The zero-order chi connectivity index (χ0) is 14.1. The molecule has 5 heteroatoms. The van der Waals surface area contributed by atoms with E-state index in [1.165, 1.54) is 0 Å². The van der Waals surface area contributed by atoms with Gasteiger partial charge < -0.3 is 9.64 Å². The third kappa shape index (κ3) is 6.04. The molecule has 0 saturated carbocycles. The molecule has 104 valence electrons. The van der Waals surface area contributed by atoms with Crippen LogP contribution in [0.5, 0.6) is 0 Å². The number of ether oxygens (including phenoxy) is 1. The van der Waals surface area contributed by atoms with Gasteiger partial charge >= 0.3 is 5.97 Å². The van der Waals surface area contributed by atoms with E-state index in [1.807, 2.05) is 30.3 Å². The molecule has 0 saturated heterocycles. The van der Waals surface area contributed by atoms with Crippen molar-refractivity contribution in [3.63, 3.8) is 0 Å². The molecule has 0 fully saturated rings. The van der Waals surface area contributed by atoms with Gasteiger partial charge in [-0.15, -0.1) is 0 Å². The number of hydrogen-bond acceptors (Lipinski definition) is 3. The number of carbonyl (C=O) groups excluding carboxylic acids is 2. The monoisotopic (exact) mass is 375 g/mol. The fourth-order valence-corrected chi connectivity index (χ4v) is 2.14. The van der Waals surface area contributed by atoms with Crippen molar-refractivity contribution in [3.05, 3.63) is 35.9 Å². The maximum Gasteiger partial charge on any atom is 0.325 e. The molecule has 1 aromatic rings. The Morgan fingerprint density at radius 3 is 2.53 bits per heavy atom. The minimum absolute atomic E-state index is 0.0201. The Bertz CT molecular complexity index is 408. The van der Waals surface area contributed by atoms with Crippen molar-refractivity contribution < 1.29 is 14.3 Å². The standard InChI is InChI=1S/C14H18INO3/c1-2-13(17)16(9-8-15)10-14(18)19-11-12-6-4-3-5-7-12/h3-7H,2,8-11H2,1H3. The molecule has 1 aromatic carbocycles. The van der Waals surface area contributed by atoms with Gasteiger partial charge in [-0.3, -0.25) is 9.59 Å². The van der Waals surface area contributed by atoms with Crippen LogP contribution >= 0.6 is 22.6 Å². The number of esters is 1. The highest BCUT2D eigenvalue weighted by molar-refractivity contribution is 14.1. The van der Waals surface area contributed by atoms with Gasteiger partial charge in [0.1, 0.15) is 13.2 Å². The van der Waals surface area contributed by atoms with E-state index in [0.29, 0.717) is 13.0 Å². The van der Waals surface area contributed by atoms with Crippen molar-refractivity contribution >= 4 is 34.5 Å². The van der Waals surface area contributed by atoms with Crippen molar-refractivity contribution in [1.82, 2.24) is 4.90 Å². The van der Waals surface area contributed by atoms with Gasteiger partial charge in [-0.1, -0.05) is 59.8 Å². The van der Waals surface area contributed by atoms with Crippen LogP contribution in [-0.4, -0.2) is 34.3 Å². The molecule has 0 heterocycles. The summed E-state index contributed by atoms with van der Waals surface area (Å²) in [4.78, 5) is 24.9. The van der Waals surface area contributed by atoms with E-state index in [0.717, 1.165) is 9.99 Å². The minimum Gasteiger partial charge on any atom is -0.459 e. The Labute approximate surface area is 127 Å². The molecule has 0 aliphatic heterocycles. The number of rotatable bonds is 7. The molecule has 0 spiro atoms. The second kappa shape index (κ2) is 8.90. The first-order valence-electron chi connectivity index (χ1n) is 6.20. The Morgan fingerprint density at radius 1 is 1.26 bits per heavy atom.